The van der Waals surface area contributed by atoms with Crippen molar-refractivity contribution in [2.75, 3.05) is 11.4 Å². The number of pyridine rings is 1. The van der Waals surface area contributed by atoms with Crippen LogP contribution in [0, 0.1) is 21.4 Å². The van der Waals surface area contributed by atoms with Gasteiger partial charge in [0.2, 0.25) is 0 Å². The Labute approximate surface area is 122 Å². The predicted octanol–water partition coefficient (Wildman–Crippen LogP) is 2.89. The number of nitro benzene ring substituents is 1. The number of anilines is 1. The SMILES string of the molecule is CCN(Cc1ccccn1)c1ccc([N+](=O)[O-])c(C#N)c1. The third-order valence-electron chi connectivity index (χ3n) is 3.12. The first-order valence-corrected chi connectivity index (χ1v) is 6.49. The number of nitriles is 1. The van der Waals surface area contributed by atoms with E-state index in [-0.39, 0.29) is 11.3 Å². The van der Waals surface area contributed by atoms with E-state index in [0.717, 1.165) is 11.4 Å². The first-order chi connectivity index (χ1) is 10.2. The van der Waals surface area contributed by atoms with Crippen molar-refractivity contribution in [2.24, 2.45) is 0 Å². The zero-order valence-corrected chi connectivity index (χ0v) is 11.6. The summed E-state index contributed by atoms with van der Waals surface area (Å²) in [5, 5.41) is 19.9. The van der Waals surface area contributed by atoms with Crippen LogP contribution >= 0.6 is 0 Å². The molecule has 0 atom stereocenters. The minimum atomic E-state index is -0.544. The van der Waals surface area contributed by atoms with Crippen molar-refractivity contribution in [1.29, 1.82) is 5.26 Å². The van der Waals surface area contributed by atoms with Crippen LogP contribution in [0.5, 0.6) is 0 Å². The molecule has 0 saturated carbocycles. The van der Waals surface area contributed by atoms with E-state index in [2.05, 4.69) is 4.98 Å². The number of hydrogen-bond donors (Lipinski definition) is 0. The van der Waals surface area contributed by atoms with Crippen molar-refractivity contribution in [3.05, 3.63) is 64.0 Å². The van der Waals surface area contributed by atoms with Gasteiger partial charge >= 0.3 is 0 Å². The molecular weight excluding hydrogens is 268 g/mol. The summed E-state index contributed by atoms with van der Waals surface area (Å²) in [6.07, 6.45) is 1.72. The lowest BCUT2D eigenvalue weighted by molar-refractivity contribution is -0.385. The molecule has 106 valence electrons. The molecule has 1 heterocycles. The fraction of sp³-hybridized carbons (Fsp3) is 0.200. The van der Waals surface area contributed by atoms with Gasteiger partial charge in [-0.2, -0.15) is 5.26 Å². The van der Waals surface area contributed by atoms with Crippen LogP contribution in [0.4, 0.5) is 11.4 Å². The molecule has 0 spiro atoms. The number of hydrogen-bond acceptors (Lipinski definition) is 5. The van der Waals surface area contributed by atoms with Gasteiger partial charge in [-0.25, -0.2) is 0 Å². The minimum absolute atomic E-state index is 0.0666. The van der Waals surface area contributed by atoms with Gasteiger partial charge in [0.25, 0.3) is 5.69 Å². The molecule has 0 fully saturated rings. The Morgan fingerprint density at radius 3 is 2.76 bits per heavy atom. The first-order valence-electron chi connectivity index (χ1n) is 6.49. The molecule has 0 saturated heterocycles. The van der Waals surface area contributed by atoms with Crippen molar-refractivity contribution >= 4 is 11.4 Å². The Balaban J connectivity index is 2.31. The summed E-state index contributed by atoms with van der Waals surface area (Å²) in [7, 11) is 0. The number of rotatable bonds is 5. The summed E-state index contributed by atoms with van der Waals surface area (Å²) in [6.45, 7) is 3.27. The highest BCUT2D eigenvalue weighted by atomic mass is 16.6. The summed E-state index contributed by atoms with van der Waals surface area (Å²) in [5.74, 6) is 0. The van der Waals surface area contributed by atoms with E-state index in [4.69, 9.17) is 5.26 Å². The highest BCUT2D eigenvalue weighted by Crippen LogP contribution is 2.25. The Morgan fingerprint density at radius 2 is 2.19 bits per heavy atom. The van der Waals surface area contributed by atoms with E-state index in [9.17, 15) is 10.1 Å². The maximum Gasteiger partial charge on any atom is 0.287 e. The van der Waals surface area contributed by atoms with Gasteiger partial charge in [-0.3, -0.25) is 15.1 Å². The quantitative estimate of drug-likeness (QED) is 0.622. The smallest absolute Gasteiger partial charge is 0.287 e. The predicted molar refractivity (Wildman–Crippen MR) is 78.8 cm³/mol. The lowest BCUT2D eigenvalue weighted by atomic mass is 10.1. The van der Waals surface area contributed by atoms with Gasteiger partial charge in [0.15, 0.2) is 0 Å². The van der Waals surface area contributed by atoms with Crippen LogP contribution in [0.1, 0.15) is 18.2 Å². The fourth-order valence-corrected chi connectivity index (χ4v) is 2.04. The molecule has 0 unspecified atom stereocenters. The average molecular weight is 282 g/mol. The van der Waals surface area contributed by atoms with Crippen LogP contribution in [-0.4, -0.2) is 16.5 Å². The molecule has 21 heavy (non-hydrogen) atoms. The molecule has 0 radical (unpaired) electrons. The fourth-order valence-electron chi connectivity index (χ4n) is 2.04. The van der Waals surface area contributed by atoms with Crippen molar-refractivity contribution in [3.8, 4) is 6.07 Å². The topological polar surface area (TPSA) is 83.1 Å². The van der Waals surface area contributed by atoms with Gasteiger partial charge in [-0.1, -0.05) is 6.07 Å². The molecule has 1 aromatic carbocycles. The lowest BCUT2D eigenvalue weighted by Gasteiger charge is -2.22. The van der Waals surface area contributed by atoms with Crippen molar-refractivity contribution in [2.45, 2.75) is 13.5 Å². The summed E-state index contributed by atoms with van der Waals surface area (Å²) in [5.41, 5.74) is 1.56. The third-order valence-corrected chi connectivity index (χ3v) is 3.12. The molecule has 6 nitrogen and oxygen atoms in total. The number of benzene rings is 1. The molecule has 0 bridgehead atoms. The third kappa shape index (κ3) is 3.34. The number of aromatic nitrogens is 1. The zero-order chi connectivity index (χ0) is 15.2. The molecular formula is C15H14N4O2. The lowest BCUT2D eigenvalue weighted by Crippen LogP contribution is -2.22. The van der Waals surface area contributed by atoms with E-state index in [1.165, 1.54) is 6.07 Å². The average Bonchev–Trinajstić information content (AvgIpc) is 2.52. The van der Waals surface area contributed by atoms with Crippen molar-refractivity contribution < 1.29 is 4.92 Å². The molecule has 0 aliphatic heterocycles. The van der Waals surface area contributed by atoms with E-state index >= 15 is 0 Å². The molecule has 6 heteroatoms. The van der Waals surface area contributed by atoms with E-state index in [1.807, 2.05) is 36.1 Å². The number of nitro groups is 1. The van der Waals surface area contributed by atoms with Gasteiger partial charge in [-0.15, -0.1) is 0 Å². The first kappa shape index (κ1) is 14.5. The normalized spacial score (nSPS) is 9.90. The molecule has 1 aromatic heterocycles. The van der Waals surface area contributed by atoms with Crippen LogP contribution in [0.2, 0.25) is 0 Å². The molecule has 0 N–H and O–H groups in total. The Kier molecular flexibility index (Phi) is 4.46. The van der Waals surface area contributed by atoms with Gasteiger partial charge in [-0.05, 0) is 31.2 Å². The summed E-state index contributed by atoms with van der Waals surface area (Å²) < 4.78 is 0. The highest BCUT2D eigenvalue weighted by molar-refractivity contribution is 5.59. The van der Waals surface area contributed by atoms with Crippen LogP contribution < -0.4 is 4.90 Å². The zero-order valence-electron chi connectivity index (χ0n) is 11.6. The maximum absolute atomic E-state index is 10.9. The van der Waals surface area contributed by atoms with Crippen LogP contribution in [0.3, 0.4) is 0 Å². The van der Waals surface area contributed by atoms with E-state index in [0.29, 0.717) is 13.1 Å². The second-order valence-electron chi connectivity index (χ2n) is 4.41. The largest absolute Gasteiger partial charge is 0.366 e. The molecule has 2 aromatic rings. The van der Waals surface area contributed by atoms with E-state index < -0.39 is 4.92 Å². The van der Waals surface area contributed by atoms with Crippen molar-refractivity contribution in [1.82, 2.24) is 4.98 Å². The summed E-state index contributed by atoms with van der Waals surface area (Å²) in [6, 6.07) is 12.1. The highest BCUT2D eigenvalue weighted by Gasteiger charge is 2.16. The standard InChI is InChI=1S/C15H14N4O2/c1-2-18(11-13-5-3-4-8-17-13)14-6-7-15(19(20)21)12(9-14)10-16/h3-9H,2,11H2,1H3. The number of nitrogens with zero attached hydrogens (tertiary/aromatic N) is 4. The molecule has 2 rings (SSSR count). The monoisotopic (exact) mass is 282 g/mol. The Bertz CT molecular complexity index is 680. The van der Waals surface area contributed by atoms with Crippen LogP contribution in [0.15, 0.2) is 42.6 Å². The van der Waals surface area contributed by atoms with Crippen LogP contribution in [-0.2, 0) is 6.54 Å². The Morgan fingerprint density at radius 1 is 1.38 bits per heavy atom. The summed E-state index contributed by atoms with van der Waals surface area (Å²) >= 11 is 0. The van der Waals surface area contributed by atoms with E-state index in [1.54, 1.807) is 18.3 Å². The maximum atomic E-state index is 10.9. The molecule has 0 aliphatic carbocycles. The van der Waals surface area contributed by atoms with Gasteiger partial charge in [0, 0.05) is 24.5 Å². The van der Waals surface area contributed by atoms with Crippen molar-refractivity contribution in [3.63, 3.8) is 0 Å². The second-order valence-corrected chi connectivity index (χ2v) is 4.41. The van der Waals surface area contributed by atoms with Crippen LogP contribution in [0.25, 0.3) is 0 Å². The second kappa shape index (κ2) is 6.48. The Hall–Kier alpha value is -2.94. The minimum Gasteiger partial charge on any atom is -0.366 e. The summed E-state index contributed by atoms with van der Waals surface area (Å²) in [4.78, 5) is 16.6. The molecule has 0 amide bonds. The van der Waals surface area contributed by atoms with Gasteiger partial charge in [0.05, 0.1) is 17.2 Å². The van der Waals surface area contributed by atoms with Gasteiger partial charge in [0.1, 0.15) is 11.6 Å². The molecule has 0 aliphatic rings. The van der Waals surface area contributed by atoms with Gasteiger partial charge < -0.3 is 4.90 Å².